The van der Waals surface area contributed by atoms with Gasteiger partial charge in [-0.25, -0.2) is 4.79 Å². The van der Waals surface area contributed by atoms with E-state index in [-0.39, 0.29) is 5.97 Å². The first kappa shape index (κ1) is 24.4. The van der Waals surface area contributed by atoms with Gasteiger partial charge in [0.05, 0.1) is 6.61 Å². The zero-order valence-electron chi connectivity index (χ0n) is 17.2. The van der Waals surface area contributed by atoms with Gasteiger partial charge in [-0.3, -0.25) is 4.89 Å². The highest BCUT2D eigenvalue weighted by atomic mass is 17.2. The van der Waals surface area contributed by atoms with Gasteiger partial charge < -0.3 is 4.90 Å². The van der Waals surface area contributed by atoms with Crippen LogP contribution in [0.2, 0.25) is 0 Å². The second-order valence-corrected chi connectivity index (χ2v) is 7.43. The molecule has 4 nitrogen and oxygen atoms in total. The monoisotopic (exact) mass is 357 g/mol. The Morgan fingerprint density at radius 2 is 1.24 bits per heavy atom. The molecular weight excluding hydrogens is 314 g/mol. The molecule has 0 aliphatic rings. The molecule has 0 radical (unpaired) electrons. The van der Waals surface area contributed by atoms with Gasteiger partial charge in [0.1, 0.15) is 0 Å². The van der Waals surface area contributed by atoms with Gasteiger partial charge in [0, 0.05) is 6.42 Å². The first-order valence-electron chi connectivity index (χ1n) is 10.6. The Morgan fingerprint density at radius 1 is 0.720 bits per heavy atom. The van der Waals surface area contributed by atoms with Crippen LogP contribution >= 0.6 is 0 Å². The first-order valence-corrected chi connectivity index (χ1v) is 10.6. The van der Waals surface area contributed by atoms with Crippen LogP contribution in [0.4, 0.5) is 0 Å². The molecule has 0 aromatic carbocycles. The zero-order valence-corrected chi connectivity index (χ0v) is 17.2. The molecule has 0 aliphatic carbocycles. The lowest BCUT2D eigenvalue weighted by Crippen LogP contribution is -2.13. The summed E-state index contributed by atoms with van der Waals surface area (Å²) in [6.07, 6.45) is 18.2. The average Bonchev–Trinajstić information content (AvgIpc) is 2.59. The molecule has 0 rings (SSSR count). The van der Waals surface area contributed by atoms with E-state index < -0.39 is 0 Å². The number of unbranched alkanes of at least 4 members (excludes halogenated alkanes) is 12. The van der Waals surface area contributed by atoms with Crippen molar-refractivity contribution < 1.29 is 14.6 Å². The Morgan fingerprint density at radius 3 is 1.76 bits per heavy atom. The molecule has 0 bridgehead atoms. The molecule has 0 aromatic heterocycles. The molecule has 0 heterocycles. The maximum absolute atomic E-state index is 11.4. The fraction of sp³-hybridized carbons (Fsp3) is 0.952. The van der Waals surface area contributed by atoms with E-state index in [4.69, 9.17) is 9.78 Å². The molecule has 0 unspecified atom stereocenters. The Labute approximate surface area is 156 Å². The van der Waals surface area contributed by atoms with E-state index in [1.165, 1.54) is 64.2 Å². The lowest BCUT2D eigenvalue weighted by atomic mass is 10.1. The average molecular weight is 358 g/mol. The van der Waals surface area contributed by atoms with Crippen molar-refractivity contribution in [1.82, 2.24) is 4.90 Å². The van der Waals surface area contributed by atoms with Gasteiger partial charge >= 0.3 is 5.97 Å². The smallest absolute Gasteiger partial charge is 0.309 e. The van der Waals surface area contributed by atoms with Crippen molar-refractivity contribution >= 4 is 5.97 Å². The van der Waals surface area contributed by atoms with E-state index in [0.29, 0.717) is 13.0 Å². The van der Waals surface area contributed by atoms with Crippen LogP contribution in [0.25, 0.3) is 0 Å². The van der Waals surface area contributed by atoms with E-state index in [1.807, 2.05) is 14.1 Å². The molecule has 0 aliphatic heterocycles. The Balaban J connectivity index is 3.12. The summed E-state index contributed by atoms with van der Waals surface area (Å²) >= 11 is 0. The molecule has 25 heavy (non-hydrogen) atoms. The standard InChI is InChI=1S/C21H43NO3/c1-4-5-6-7-8-9-10-11-12-13-14-17-20-24-25-21(23)18-15-16-19-22(2)3/h4-20H2,1-3H3. The van der Waals surface area contributed by atoms with Crippen LogP contribution in [0.5, 0.6) is 0 Å². The lowest BCUT2D eigenvalue weighted by Gasteiger charge is -2.08. The lowest BCUT2D eigenvalue weighted by molar-refractivity contribution is -0.272. The Bertz CT molecular complexity index is 282. The third-order valence-electron chi connectivity index (χ3n) is 4.47. The summed E-state index contributed by atoms with van der Waals surface area (Å²) in [5, 5.41) is 0. The normalized spacial score (nSPS) is 11.2. The van der Waals surface area contributed by atoms with E-state index in [0.717, 1.165) is 32.2 Å². The van der Waals surface area contributed by atoms with Crippen LogP contribution in [0.3, 0.4) is 0 Å². The molecule has 0 saturated carbocycles. The minimum atomic E-state index is -0.238. The molecule has 150 valence electrons. The minimum absolute atomic E-state index is 0.238. The highest BCUT2D eigenvalue weighted by molar-refractivity contribution is 5.68. The van der Waals surface area contributed by atoms with Gasteiger partial charge in [-0.1, -0.05) is 77.6 Å². The third kappa shape index (κ3) is 21.3. The SMILES string of the molecule is CCCCCCCCCCCCCCOOC(=O)CCCCN(C)C. The van der Waals surface area contributed by atoms with Gasteiger partial charge in [0.2, 0.25) is 0 Å². The Kier molecular flexibility index (Phi) is 19.2. The largest absolute Gasteiger partial charge is 0.342 e. The Hall–Kier alpha value is -0.610. The van der Waals surface area contributed by atoms with Gasteiger partial charge in [-0.15, -0.1) is 0 Å². The summed E-state index contributed by atoms with van der Waals surface area (Å²) < 4.78 is 0. The number of carbonyl (C=O) groups excluding carboxylic acids is 1. The molecule has 0 saturated heterocycles. The van der Waals surface area contributed by atoms with Crippen molar-refractivity contribution in [3.63, 3.8) is 0 Å². The fourth-order valence-electron chi connectivity index (χ4n) is 2.85. The van der Waals surface area contributed by atoms with Crippen LogP contribution in [0, 0.1) is 0 Å². The van der Waals surface area contributed by atoms with E-state index >= 15 is 0 Å². The summed E-state index contributed by atoms with van der Waals surface area (Å²) in [5.74, 6) is -0.238. The molecule has 0 aromatic rings. The van der Waals surface area contributed by atoms with E-state index in [2.05, 4.69) is 11.8 Å². The molecule has 0 N–H and O–H groups in total. The van der Waals surface area contributed by atoms with Crippen molar-refractivity contribution in [2.45, 2.75) is 103 Å². The molecule has 0 spiro atoms. The van der Waals surface area contributed by atoms with Gasteiger partial charge in [-0.05, 0) is 39.9 Å². The maximum atomic E-state index is 11.4. The zero-order chi connectivity index (χ0) is 18.6. The first-order chi connectivity index (χ1) is 12.2. The van der Waals surface area contributed by atoms with Crippen LogP contribution in [-0.2, 0) is 14.6 Å². The van der Waals surface area contributed by atoms with E-state index in [1.54, 1.807) is 0 Å². The molecule has 0 fully saturated rings. The summed E-state index contributed by atoms with van der Waals surface area (Å²) in [6.45, 7) is 3.80. The van der Waals surface area contributed by atoms with Crippen molar-refractivity contribution in [2.24, 2.45) is 0 Å². The number of carbonyl (C=O) groups is 1. The number of hydrogen-bond acceptors (Lipinski definition) is 4. The van der Waals surface area contributed by atoms with Gasteiger partial charge in [0.25, 0.3) is 0 Å². The fourth-order valence-corrected chi connectivity index (χ4v) is 2.85. The number of nitrogens with zero attached hydrogens (tertiary/aromatic N) is 1. The van der Waals surface area contributed by atoms with Crippen molar-refractivity contribution in [3.05, 3.63) is 0 Å². The second kappa shape index (κ2) is 19.7. The quantitative estimate of drug-likeness (QED) is 0.164. The van der Waals surface area contributed by atoms with Crippen molar-refractivity contribution in [1.29, 1.82) is 0 Å². The molecular formula is C21H43NO3. The molecule has 0 amide bonds. The predicted octanol–water partition coefficient (Wildman–Crippen LogP) is 5.89. The minimum Gasteiger partial charge on any atom is -0.309 e. The highest BCUT2D eigenvalue weighted by Gasteiger charge is 2.04. The van der Waals surface area contributed by atoms with Crippen molar-refractivity contribution in [2.75, 3.05) is 27.2 Å². The summed E-state index contributed by atoms with van der Waals surface area (Å²) in [6, 6.07) is 0. The van der Waals surface area contributed by atoms with Crippen LogP contribution in [0.15, 0.2) is 0 Å². The highest BCUT2D eigenvalue weighted by Crippen LogP contribution is 2.12. The summed E-state index contributed by atoms with van der Waals surface area (Å²) in [4.78, 5) is 23.4. The summed E-state index contributed by atoms with van der Waals surface area (Å²) in [5.41, 5.74) is 0. The second-order valence-electron chi connectivity index (χ2n) is 7.43. The van der Waals surface area contributed by atoms with Gasteiger partial charge in [0.15, 0.2) is 0 Å². The van der Waals surface area contributed by atoms with Crippen LogP contribution in [-0.4, -0.2) is 38.1 Å². The third-order valence-corrected chi connectivity index (χ3v) is 4.47. The van der Waals surface area contributed by atoms with Crippen molar-refractivity contribution in [3.8, 4) is 0 Å². The van der Waals surface area contributed by atoms with Crippen LogP contribution in [0.1, 0.15) is 103 Å². The topological polar surface area (TPSA) is 38.8 Å². The molecule has 4 heteroatoms. The predicted molar refractivity (Wildman–Crippen MR) is 106 cm³/mol. The molecule has 0 atom stereocenters. The van der Waals surface area contributed by atoms with Crippen LogP contribution < -0.4 is 0 Å². The van der Waals surface area contributed by atoms with Gasteiger partial charge in [-0.2, -0.15) is 4.89 Å². The number of hydrogen-bond donors (Lipinski definition) is 0. The maximum Gasteiger partial charge on any atom is 0.342 e. The summed E-state index contributed by atoms with van der Waals surface area (Å²) in [7, 11) is 4.08. The van der Waals surface area contributed by atoms with E-state index in [9.17, 15) is 4.79 Å². The number of rotatable bonds is 19.